The molecule has 0 saturated carbocycles. The summed E-state index contributed by atoms with van der Waals surface area (Å²) in [5, 5.41) is 14.9. The molecule has 0 bridgehead atoms. The highest BCUT2D eigenvalue weighted by molar-refractivity contribution is 5.80. The Morgan fingerprint density at radius 2 is 2.12 bits per heavy atom. The van der Waals surface area contributed by atoms with Gasteiger partial charge in [-0.1, -0.05) is 9.89 Å². The number of hydrogen-bond acceptors (Lipinski definition) is 7. The molecule has 0 aliphatic carbocycles. The number of hydrogen-bond donors (Lipinski definition) is 1. The van der Waals surface area contributed by atoms with E-state index in [0.29, 0.717) is 0 Å². The van der Waals surface area contributed by atoms with E-state index in [0.717, 1.165) is 30.9 Å². The minimum atomic E-state index is 0.142. The van der Waals surface area contributed by atoms with Crippen LogP contribution in [-0.4, -0.2) is 50.6 Å². The molecule has 1 fully saturated rings. The number of nitrogen functional groups attached to an aromatic ring is 1. The first kappa shape index (κ1) is 16.4. The predicted molar refractivity (Wildman–Crippen MR) is 91.9 cm³/mol. The molecule has 1 aromatic heterocycles. The number of tetrazole rings is 1. The third-order valence-electron chi connectivity index (χ3n) is 3.83. The number of benzene rings is 1. The Balaban J connectivity index is 1.82. The van der Waals surface area contributed by atoms with E-state index in [1.165, 1.54) is 23.2 Å². The van der Waals surface area contributed by atoms with Crippen LogP contribution >= 0.6 is 0 Å². The van der Waals surface area contributed by atoms with Crippen molar-refractivity contribution in [2.75, 3.05) is 18.8 Å². The molecule has 8 nitrogen and oxygen atoms in total. The normalized spacial score (nSPS) is 15.6. The summed E-state index contributed by atoms with van der Waals surface area (Å²) in [6, 6.07) is 6.06. The van der Waals surface area contributed by atoms with E-state index in [4.69, 9.17) is 10.5 Å². The van der Waals surface area contributed by atoms with E-state index in [1.807, 2.05) is 26.0 Å². The summed E-state index contributed by atoms with van der Waals surface area (Å²) in [5.41, 5.74) is 7.73. The molecule has 0 atom stereocenters. The summed E-state index contributed by atoms with van der Waals surface area (Å²) in [5.74, 6) is 1.08. The lowest BCUT2D eigenvalue weighted by Gasteiger charge is -2.19. The van der Waals surface area contributed by atoms with Gasteiger partial charge in [-0.05, 0) is 74.0 Å². The average Bonchev–Trinajstić information content (AvgIpc) is 3.19. The zero-order valence-electron chi connectivity index (χ0n) is 14.1. The van der Waals surface area contributed by atoms with Gasteiger partial charge in [-0.25, -0.2) is 0 Å². The third kappa shape index (κ3) is 4.08. The van der Waals surface area contributed by atoms with Gasteiger partial charge in [0, 0.05) is 12.1 Å². The Hall–Kier alpha value is -2.48. The first-order valence-corrected chi connectivity index (χ1v) is 8.22. The summed E-state index contributed by atoms with van der Waals surface area (Å²) in [6.45, 7) is 7.24. The summed E-state index contributed by atoms with van der Waals surface area (Å²) in [4.78, 5) is 3.64. The molecule has 128 valence electrons. The van der Waals surface area contributed by atoms with E-state index in [1.54, 1.807) is 6.21 Å². The molecule has 0 radical (unpaired) electrons. The molecule has 0 amide bonds. The van der Waals surface area contributed by atoms with Crippen molar-refractivity contribution >= 4 is 12.2 Å². The molecule has 24 heavy (non-hydrogen) atoms. The van der Waals surface area contributed by atoms with Gasteiger partial charge >= 0.3 is 0 Å². The number of nitrogens with two attached hydrogens (primary N) is 1. The van der Waals surface area contributed by atoms with Crippen molar-refractivity contribution in [3.05, 3.63) is 29.3 Å². The third-order valence-corrected chi connectivity index (χ3v) is 3.83. The predicted octanol–water partition coefficient (Wildman–Crippen LogP) is 1.52. The quantitative estimate of drug-likeness (QED) is 0.808. The van der Waals surface area contributed by atoms with Crippen molar-refractivity contribution in [3.8, 4) is 5.75 Å². The maximum absolute atomic E-state index is 5.95. The maximum atomic E-state index is 5.95. The first-order valence-electron chi connectivity index (χ1n) is 8.22. The van der Waals surface area contributed by atoms with Crippen molar-refractivity contribution in [2.24, 2.45) is 5.10 Å². The minimum absolute atomic E-state index is 0.142. The molecule has 1 aromatic carbocycles. The molecule has 2 aromatic rings. The van der Waals surface area contributed by atoms with Gasteiger partial charge in [0.2, 0.25) is 0 Å². The molecule has 2 N–H and O–H groups in total. The van der Waals surface area contributed by atoms with E-state index in [9.17, 15) is 0 Å². The van der Waals surface area contributed by atoms with Crippen LogP contribution in [0.5, 0.6) is 5.75 Å². The average molecular weight is 329 g/mol. The Kier molecular flexibility index (Phi) is 5.05. The van der Waals surface area contributed by atoms with Crippen molar-refractivity contribution < 1.29 is 4.74 Å². The number of rotatable bonds is 6. The molecule has 2 heterocycles. The largest absolute Gasteiger partial charge is 0.491 e. The topological polar surface area (TPSA) is 94.4 Å². The van der Waals surface area contributed by atoms with Crippen LogP contribution in [0.4, 0.5) is 5.95 Å². The summed E-state index contributed by atoms with van der Waals surface area (Å²) in [7, 11) is 0. The number of aromatic nitrogens is 4. The number of nitrogens with zero attached hydrogens (tertiary/aromatic N) is 6. The van der Waals surface area contributed by atoms with Crippen molar-refractivity contribution in [1.29, 1.82) is 0 Å². The van der Waals surface area contributed by atoms with Crippen LogP contribution in [0.25, 0.3) is 0 Å². The molecule has 3 rings (SSSR count). The molecule has 8 heteroatoms. The Morgan fingerprint density at radius 1 is 1.33 bits per heavy atom. The molecule has 0 spiro atoms. The van der Waals surface area contributed by atoms with Crippen molar-refractivity contribution in [1.82, 2.24) is 25.2 Å². The number of ether oxygens (including phenoxy) is 1. The fraction of sp³-hybridized carbons (Fsp3) is 0.500. The lowest BCUT2D eigenvalue weighted by Crippen LogP contribution is -2.19. The standard InChI is InChI=1S/C16H23N7O/c1-12(2)24-15-6-5-13(10-18-23-16(17)19-20-21-23)9-14(15)11-22-7-3-4-8-22/h5-6,9-10,12H,3-4,7-8,11H2,1-2H3,(H2,17,19,21). The Morgan fingerprint density at radius 3 is 2.79 bits per heavy atom. The highest BCUT2D eigenvalue weighted by Crippen LogP contribution is 2.24. The van der Waals surface area contributed by atoms with Gasteiger partial charge in [-0.2, -0.15) is 5.10 Å². The zero-order chi connectivity index (χ0) is 16.9. The molecule has 1 aliphatic heterocycles. The molecule has 0 unspecified atom stereocenters. The van der Waals surface area contributed by atoms with Gasteiger partial charge in [0.1, 0.15) is 5.75 Å². The fourth-order valence-electron chi connectivity index (χ4n) is 2.75. The highest BCUT2D eigenvalue weighted by atomic mass is 16.5. The zero-order valence-corrected chi connectivity index (χ0v) is 14.1. The maximum Gasteiger partial charge on any atom is 0.263 e. The van der Waals surface area contributed by atoms with Crippen molar-refractivity contribution in [2.45, 2.75) is 39.3 Å². The van der Waals surface area contributed by atoms with E-state index in [2.05, 4.69) is 31.6 Å². The van der Waals surface area contributed by atoms with Gasteiger partial charge in [-0.3, -0.25) is 4.90 Å². The van der Waals surface area contributed by atoms with Crippen LogP contribution in [0.1, 0.15) is 37.8 Å². The molecular formula is C16H23N7O. The first-order chi connectivity index (χ1) is 11.6. The number of anilines is 1. The van der Waals surface area contributed by atoms with Gasteiger partial charge in [0.05, 0.1) is 12.3 Å². The van der Waals surface area contributed by atoms with Gasteiger partial charge in [-0.15, -0.1) is 0 Å². The van der Waals surface area contributed by atoms with Crippen LogP contribution in [0, 0.1) is 0 Å². The second-order valence-corrected chi connectivity index (χ2v) is 6.19. The van der Waals surface area contributed by atoms with Gasteiger partial charge in [0.15, 0.2) is 0 Å². The summed E-state index contributed by atoms with van der Waals surface area (Å²) < 4.78 is 5.95. The second kappa shape index (κ2) is 7.39. The molecule has 1 aliphatic rings. The Bertz CT molecular complexity index is 704. The van der Waals surface area contributed by atoms with Crippen LogP contribution < -0.4 is 10.5 Å². The lowest BCUT2D eigenvalue weighted by atomic mass is 10.1. The van der Waals surface area contributed by atoms with Gasteiger partial charge in [0.25, 0.3) is 5.95 Å². The Labute approximate surface area is 141 Å². The van der Waals surface area contributed by atoms with E-state index < -0.39 is 0 Å². The van der Waals surface area contributed by atoms with E-state index in [-0.39, 0.29) is 12.1 Å². The lowest BCUT2D eigenvalue weighted by molar-refractivity contribution is 0.234. The monoisotopic (exact) mass is 329 g/mol. The summed E-state index contributed by atoms with van der Waals surface area (Å²) in [6.07, 6.45) is 4.36. The SMILES string of the molecule is CC(C)Oc1ccc(C=Nn2nnnc2N)cc1CN1CCCC1. The van der Waals surface area contributed by atoms with Crippen LogP contribution in [0.15, 0.2) is 23.3 Å². The highest BCUT2D eigenvalue weighted by Gasteiger charge is 2.15. The number of likely N-dealkylation sites (tertiary alicyclic amines) is 1. The van der Waals surface area contributed by atoms with Crippen LogP contribution in [0.2, 0.25) is 0 Å². The van der Waals surface area contributed by atoms with Crippen LogP contribution in [-0.2, 0) is 6.54 Å². The fourth-order valence-corrected chi connectivity index (χ4v) is 2.75. The molecule has 1 saturated heterocycles. The van der Waals surface area contributed by atoms with Crippen LogP contribution in [0.3, 0.4) is 0 Å². The van der Waals surface area contributed by atoms with Gasteiger partial charge < -0.3 is 10.5 Å². The smallest absolute Gasteiger partial charge is 0.263 e. The second-order valence-electron chi connectivity index (χ2n) is 6.19. The summed E-state index contributed by atoms with van der Waals surface area (Å²) >= 11 is 0. The minimum Gasteiger partial charge on any atom is -0.491 e. The molecular weight excluding hydrogens is 306 g/mol. The van der Waals surface area contributed by atoms with Crippen molar-refractivity contribution in [3.63, 3.8) is 0 Å². The van der Waals surface area contributed by atoms with E-state index >= 15 is 0 Å².